The van der Waals surface area contributed by atoms with Gasteiger partial charge >= 0.3 is 0 Å². The summed E-state index contributed by atoms with van der Waals surface area (Å²) in [6.45, 7) is 1.62. The van der Waals surface area contributed by atoms with Crippen LogP contribution in [0.5, 0.6) is 0 Å². The normalized spacial score (nSPS) is 15.9. The summed E-state index contributed by atoms with van der Waals surface area (Å²) in [4.78, 5) is 19.8. The number of aromatic nitrogens is 2. The van der Waals surface area contributed by atoms with Gasteiger partial charge in [0.25, 0.3) is 12.0 Å². The minimum atomic E-state index is -3.81. The van der Waals surface area contributed by atoms with E-state index in [2.05, 4.69) is 19.6 Å². The molecule has 0 saturated carbocycles. The Balaban J connectivity index is 1.48. The maximum absolute atomic E-state index is 13.5. The van der Waals surface area contributed by atoms with Crippen molar-refractivity contribution >= 4 is 44.0 Å². The molecule has 5 rings (SSSR count). The van der Waals surface area contributed by atoms with Crippen molar-refractivity contribution in [1.82, 2.24) is 9.55 Å². The second kappa shape index (κ2) is 10.7. The average Bonchev–Trinajstić information content (AvgIpc) is 3.28. The maximum atomic E-state index is 13.5. The summed E-state index contributed by atoms with van der Waals surface area (Å²) in [6.07, 6.45) is 0.195. The van der Waals surface area contributed by atoms with Gasteiger partial charge in [0.2, 0.25) is 10.0 Å². The Labute approximate surface area is 218 Å². The number of nitrogens with one attached hydrogen (secondary N) is 2. The van der Waals surface area contributed by atoms with Crippen LogP contribution in [0.25, 0.3) is 11.0 Å². The maximum Gasteiger partial charge on any atom is 0.269 e. The highest BCUT2D eigenvalue weighted by atomic mass is 32.2. The lowest BCUT2D eigenvalue weighted by Crippen LogP contribution is -2.32. The van der Waals surface area contributed by atoms with E-state index in [-0.39, 0.29) is 42.8 Å². The fourth-order valence-electron chi connectivity index (χ4n) is 4.81. The number of benzene rings is 1. The van der Waals surface area contributed by atoms with Gasteiger partial charge in [-0.1, -0.05) is 0 Å². The lowest BCUT2D eigenvalue weighted by atomic mass is 10.0. The van der Waals surface area contributed by atoms with E-state index in [1.54, 1.807) is 17.2 Å². The van der Waals surface area contributed by atoms with Crippen LogP contribution in [0.2, 0.25) is 0 Å². The summed E-state index contributed by atoms with van der Waals surface area (Å²) in [5, 5.41) is 12.7. The summed E-state index contributed by atoms with van der Waals surface area (Å²) >= 11 is 0. The van der Waals surface area contributed by atoms with Crippen LogP contribution >= 0.6 is 0 Å². The number of hydrogen-bond donors (Lipinski definition) is 3. The van der Waals surface area contributed by atoms with Gasteiger partial charge in [0.1, 0.15) is 5.65 Å². The Bertz CT molecular complexity index is 1510. The highest BCUT2D eigenvalue weighted by Crippen LogP contribution is 2.33. The minimum Gasteiger partial charge on any atom is -0.395 e. The molecule has 3 N–H and O–H groups in total. The van der Waals surface area contributed by atoms with Gasteiger partial charge in [0.15, 0.2) is 0 Å². The summed E-state index contributed by atoms with van der Waals surface area (Å²) in [6, 6.07) is 8.11. The largest absolute Gasteiger partial charge is 0.395 e. The number of pyridine rings is 1. The number of aliphatic hydroxyl groups excluding tert-OH is 1. The van der Waals surface area contributed by atoms with Crippen molar-refractivity contribution in [2.24, 2.45) is 0 Å². The molecule has 3 aromatic rings. The predicted molar refractivity (Wildman–Crippen MR) is 139 cm³/mol. The molecule has 202 valence electrons. The van der Waals surface area contributed by atoms with Gasteiger partial charge in [-0.25, -0.2) is 13.4 Å². The van der Waals surface area contributed by atoms with Crippen LogP contribution in [0.1, 0.15) is 28.9 Å². The molecule has 10 nitrogen and oxygen atoms in total. The number of rotatable bonds is 7. The standard InChI is InChI=1S/C25H27F2N5O5S/c26-23(27)16-4-7-31(8-5-16)22-13-17(30-38(35,36)12-10-33)1-2-19(22)25(34)29-21-3-6-28-24-20(21)14-18-15-37-11-9-32(18)24/h1-3,6,13-14,30,33H,4-5,7-12,15H2,(H,28,29,34). The summed E-state index contributed by atoms with van der Waals surface area (Å²) < 4.78 is 60.6. The van der Waals surface area contributed by atoms with Crippen molar-refractivity contribution in [2.45, 2.75) is 26.0 Å². The zero-order valence-electron chi connectivity index (χ0n) is 20.4. The molecule has 0 bridgehead atoms. The molecule has 1 saturated heterocycles. The first kappa shape index (κ1) is 26.1. The smallest absolute Gasteiger partial charge is 0.269 e. The van der Waals surface area contributed by atoms with E-state index in [0.717, 1.165) is 16.7 Å². The number of halogens is 2. The zero-order valence-corrected chi connectivity index (χ0v) is 21.2. The van der Waals surface area contributed by atoms with Crippen molar-refractivity contribution in [1.29, 1.82) is 0 Å². The van der Waals surface area contributed by atoms with Gasteiger partial charge < -0.3 is 24.6 Å². The topological polar surface area (TPSA) is 126 Å². The van der Waals surface area contributed by atoms with E-state index in [0.29, 0.717) is 31.1 Å². The van der Waals surface area contributed by atoms with E-state index >= 15 is 0 Å². The number of carbonyl (C=O) groups excluding carboxylic acids is 1. The molecule has 0 unspecified atom stereocenters. The quantitative estimate of drug-likeness (QED) is 0.414. The molecule has 13 heteroatoms. The summed E-state index contributed by atoms with van der Waals surface area (Å²) in [5.41, 5.74) is 3.21. The van der Waals surface area contributed by atoms with Crippen LogP contribution < -0.4 is 14.9 Å². The van der Waals surface area contributed by atoms with Crippen LogP contribution in [0.4, 0.5) is 25.8 Å². The molecule has 0 aliphatic carbocycles. The van der Waals surface area contributed by atoms with Gasteiger partial charge in [-0.3, -0.25) is 9.52 Å². The van der Waals surface area contributed by atoms with Gasteiger partial charge in [-0.2, -0.15) is 8.78 Å². The van der Waals surface area contributed by atoms with Gasteiger partial charge in [-0.05, 0) is 48.7 Å². The van der Waals surface area contributed by atoms with Gasteiger partial charge in [0, 0.05) is 36.9 Å². The number of amides is 1. The summed E-state index contributed by atoms with van der Waals surface area (Å²) in [5.74, 6) is -0.918. The Hall–Kier alpha value is -3.55. The van der Waals surface area contributed by atoms with Crippen LogP contribution in [0, 0.1) is 0 Å². The molecule has 2 aromatic heterocycles. The molecule has 4 heterocycles. The van der Waals surface area contributed by atoms with Crippen molar-refractivity contribution in [3.05, 3.63) is 59.4 Å². The molecule has 2 aliphatic heterocycles. The van der Waals surface area contributed by atoms with E-state index < -0.39 is 34.4 Å². The van der Waals surface area contributed by atoms with Crippen molar-refractivity contribution in [3.8, 4) is 0 Å². The number of ether oxygens (including phenoxy) is 1. The van der Waals surface area contributed by atoms with E-state index in [1.807, 2.05) is 6.07 Å². The summed E-state index contributed by atoms with van der Waals surface area (Å²) in [7, 11) is -3.81. The highest BCUT2D eigenvalue weighted by molar-refractivity contribution is 7.92. The third kappa shape index (κ3) is 5.35. The second-order valence-corrected chi connectivity index (χ2v) is 11.0. The van der Waals surface area contributed by atoms with Gasteiger partial charge in [-0.15, -0.1) is 0 Å². The molecule has 0 atom stereocenters. The Morgan fingerprint density at radius 1 is 1.13 bits per heavy atom. The number of piperidine rings is 1. The molecule has 1 aromatic carbocycles. The monoisotopic (exact) mass is 547 g/mol. The van der Waals surface area contributed by atoms with Crippen molar-refractivity contribution < 1.29 is 31.8 Å². The number of fused-ring (bicyclic) bond motifs is 3. The molecular formula is C25H27F2N5O5S. The molecule has 0 radical (unpaired) electrons. The van der Waals surface area contributed by atoms with Crippen LogP contribution in [-0.4, -0.2) is 61.0 Å². The number of aliphatic hydroxyl groups is 1. The SMILES string of the molecule is O=C(Nc1ccnc2c1cc1n2CCOC1)c1ccc(NS(=O)(=O)CCO)cc1N1CCC(=C(F)F)CC1. The van der Waals surface area contributed by atoms with Crippen LogP contribution in [0.15, 0.2) is 48.2 Å². The van der Waals surface area contributed by atoms with Crippen molar-refractivity contribution in [2.75, 3.05) is 47.0 Å². The number of anilines is 3. The number of carbonyl (C=O) groups is 1. The van der Waals surface area contributed by atoms with E-state index in [9.17, 15) is 22.0 Å². The first-order valence-electron chi connectivity index (χ1n) is 12.2. The lowest BCUT2D eigenvalue weighted by Gasteiger charge is -2.31. The zero-order chi connectivity index (χ0) is 26.9. The predicted octanol–water partition coefficient (Wildman–Crippen LogP) is 3.30. The van der Waals surface area contributed by atoms with Gasteiger partial charge in [0.05, 0.1) is 48.2 Å². The first-order valence-corrected chi connectivity index (χ1v) is 13.8. The molecular weight excluding hydrogens is 520 g/mol. The highest BCUT2D eigenvalue weighted by Gasteiger charge is 2.24. The lowest BCUT2D eigenvalue weighted by molar-refractivity contribution is 0.0863. The Morgan fingerprint density at radius 2 is 1.92 bits per heavy atom. The molecule has 1 fully saturated rings. The first-order chi connectivity index (χ1) is 18.3. The molecule has 1 amide bonds. The number of hydrogen-bond acceptors (Lipinski definition) is 7. The Kier molecular flexibility index (Phi) is 7.32. The number of sulfonamides is 1. The molecule has 0 spiro atoms. The fraction of sp³-hybridized carbons (Fsp3) is 0.360. The third-order valence-corrected chi connectivity index (χ3v) is 7.96. The van der Waals surface area contributed by atoms with Crippen LogP contribution in [0.3, 0.4) is 0 Å². The minimum absolute atomic E-state index is 0.0767. The molecule has 2 aliphatic rings. The Morgan fingerprint density at radius 3 is 2.66 bits per heavy atom. The average molecular weight is 548 g/mol. The van der Waals surface area contributed by atoms with Crippen LogP contribution in [-0.2, 0) is 27.9 Å². The number of nitrogens with zero attached hydrogens (tertiary/aromatic N) is 3. The fourth-order valence-corrected chi connectivity index (χ4v) is 5.64. The third-order valence-electron chi connectivity index (χ3n) is 6.69. The molecule has 38 heavy (non-hydrogen) atoms. The van der Waals surface area contributed by atoms with Crippen molar-refractivity contribution in [3.63, 3.8) is 0 Å². The van der Waals surface area contributed by atoms with E-state index in [4.69, 9.17) is 9.84 Å². The van der Waals surface area contributed by atoms with E-state index in [1.165, 1.54) is 18.2 Å². The second-order valence-electron chi connectivity index (χ2n) is 9.12.